The average Bonchev–Trinajstić information content (AvgIpc) is 2.60. The van der Waals surface area contributed by atoms with Crippen molar-refractivity contribution >= 4 is 27.5 Å². The van der Waals surface area contributed by atoms with Crippen LogP contribution in [0.25, 0.3) is 0 Å². The van der Waals surface area contributed by atoms with Crippen molar-refractivity contribution < 1.29 is 13.2 Å². The maximum Gasteiger partial charge on any atom is 0.286 e. The molecule has 0 spiro atoms. The predicted octanol–water partition coefficient (Wildman–Crippen LogP) is 2.86. The molecule has 1 unspecified atom stereocenters. The fourth-order valence-corrected chi connectivity index (χ4v) is 3.82. The van der Waals surface area contributed by atoms with E-state index >= 15 is 0 Å². The molecule has 0 fully saturated rings. The molecule has 0 radical (unpaired) electrons. The Morgan fingerprint density at radius 3 is 2.56 bits per heavy atom. The van der Waals surface area contributed by atoms with Gasteiger partial charge < -0.3 is 10.6 Å². The van der Waals surface area contributed by atoms with Crippen LogP contribution in [0.1, 0.15) is 31.4 Å². The number of hydrogen-bond acceptors (Lipinski definition) is 4. The van der Waals surface area contributed by atoms with Crippen molar-refractivity contribution in [2.24, 2.45) is 4.40 Å². The molecule has 0 aliphatic carbocycles. The molecule has 2 N–H and O–H groups in total. The summed E-state index contributed by atoms with van der Waals surface area (Å²) < 4.78 is 28.1. The number of rotatable bonds is 5. The van der Waals surface area contributed by atoms with Gasteiger partial charge in [-0.3, -0.25) is 4.79 Å². The Kier molecular flexibility index (Phi) is 4.85. The maximum atomic E-state index is 12.2. The van der Waals surface area contributed by atoms with Gasteiger partial charge in [-0.2, -0.15) is 8.42 Å². The Morgan fingerprint density at radius 1 is 1.12 bits per heavy atom. The molecule has 1 aliphatic rings. The van der Waals surface area contributed by atoms with Gasteiger partial charge in [-0.15, -0.1) is 4.40 Å². The van der Waals surface area contributed by atoms with E-state index in [1.807, 2.05) is 37.3 Å². The number of nitrogens with zero attached hydrogens (tertiary/aromatic N) is 1. The minimum Gasteiger partial charge on any atom is -0.350 e. The largest absolute Gasteiger partial charge is 0.350 e. The van der Waals surface area contributed by atoms with E-state index in [1.165, 1.54) is 6.07 Å². The highest BCUT2D eigenvalue weighted by Gasteiger charge is 2.24. The predicted molar refractivity (Wildman–Crippen MR) is 96.9 cm³/mol. The number of sulfonamides is 1. The standard InChI is InChI=1S/C18H19N3O3S/c1-13(14-7-3-2-4-8-14)19-18(22)12-11-17-20-15-9-5-6-10-16(15)25(23,24)21-17/h2-10,13H,11-12H2,1H3,(H,19,22)(H,20,21). The molecular weight excluding hydrogens is 338 g/mol. The first kappa shape index (κ1) is 17.2. The third kappa shape index (κ3) is 4.06. The number of para-hydroxylation sites is 1. The third-order valence-electron chi connectivity index (χ3n) is 3.94. The van der Waals surface area contributed by atoms with Crippen LogP contribution in [0, 0.1) is 0 Å². The maximum absolute atomic E-state index is 12.2. The van der Waals surface area contributed by atoms with Crippen LogP contribution in [0.15, 0.2) is 63.9 Å². The highest BCUT2D eigenvalue weighted by Crippen LogP contribution is 2.27. The lowest BCUT2D eigenvalue weighted by Gasteiger charge is -2.18. The van der Waals surface area contributed by atoms with Crippen molar-refractivity contribution in [3.8, 4) is 0 Å². The summed E-state index contributed by atoms with van der Waals surface area (Å²) in [6, 6.07) is 16.1. The minimum atomic E-state index is -3.71. The second kappa shape index (κ2) is 7.06. The first-order valence-electron chi connectivity index (χ1n) is 8.00. The van der Waals surface area contributed by atoms with Crippen LogP contribution in [0.2, 0.25) is 0 Å². The zero-order chi connectivity index (χ0) is 17.9. The number of anilines is 1. The summed E-state index contributed by atoms with van der Waals surface area (Å²) in [6.45, 7) is 1.91. The Bertz CT molecular complexity index is 908. The number of carbonyl (C=O) groups is 1. The lowest BCUT2D eigenvalue weighted by atomic mass is 10.1. The highest BCUT2D eigenvalue weighted by molar-refractivity contribution is 7.90. The highest BCUT2D eigenvalue weighted by atomic mass is 32.2. The smallest absolute Gasteiger partial charge is 0.286 e. The number of hydrogen-bond donors (Lipinski definition) is 2. The molecule has 0 saturated heterocycles. The van der Waals surface area contributed by atoms with Crippen LogP contribution in [0.5, 0.6) is 0 Å². The van der Waals surface area contributed by atoms with E-state index in [9.17, 15) is 13.2 Å². The van der Waals surface area contributed by atoms with Gasteiger partial charge in [0.1, 0.15) is 10.7 Å². The van der Waals surface area contributed by atoms with Gasteiger partial charge in [0, 0.05) is 12.8 Å². The third-order valence-corrected chi connectivity index (χ3v) is 5.31. The molecule has 0 bridgehead atoms. The summed E-state index contributed by atoms with van der Waals surface area (Å²) >= 11 is 0. The van der Waals surface area contributed by atoms with Crippen molar-refractivity contribution in [3.05, 3.63) is 60.2 Å². The van der Waals surface area contributed by atoms with Gasteiger partial charge in [0.2, 0.25) is 5.91 Å². The molecule has 7 heteroatoms. The number of fused-ring (bicyclic) bond motifs is 1. The molecule has 1 atom stereocenters. The minimum absolute atomic E-state index is 0.112. The molecule has 2 aromatic carbocycles. The van der Waals surface area contributed by atoms with Crippen molar-refractivity contribution in [1.82, 2.24) is 5.32 Å². The van der Waals surface area contributed by atoms with Crippen LogP contribution in [0.3, 0.4) is 0 Å². The Labute approximate surface area is 147 Å². The number of amidine groups is 1. The number of carbonyl (C=O) groups excluding carboxylic acids is 1. The fourth-order valence-electron chi connectivity index (χ4n) is 2.65. The average molecular weight is 357 g/mol. The monoisotopic (exact) mass is 357 g/mol. The van der Waals surface area contributed by atoms with Crippen LogP contribution in [0.4, 0.5) is 5.69 Å². The molecule has 3 rings (SSSR count). The molecule has 0 saturated carbocycles. The van der Waals surface area contributed by atoms with E-state index in [1.54, 1.807) is 18.2 Å². The molecule has 1 aliphatic heterocycles. The van der Waals surface area contributed by atoms with Gasteiger partial charge >= 0.3 is 0 Å². The summed E-state index contributed by atoms with van der Waals surface area (Å²) in [6.07, 6.45) is 0.377. The van der Waals surface area contributed by atoms with E-state index in [0.717, 1.165) is 5.56 Å². The molecule has 2 aromatic rings. The lowest BCUT2D eigenvalue weighted by molar-refractivity contribution is -0.121. The van der Waals surface area contributed by atoms with E-state index in [4.69, 9.17) is 0 Å². The molecule has 130 valence electrons. The van der Waals surface area contributed by atoms with Gasteiger partial charge in [-0.05, 0) is 24.6 Å². The van der Waals surface area contributed by atoms with E-state index in [2.05, 4.69) is 15.0 Å². The normalized spacial score (nSPS) is 16.1. The molecule has 1 amide bonds. The quantitative estimate of drug-likeness (QED) is 0.861. The number of amides is 1. The summed E-state index contributed by atoms with van der Waals surface area (Å²) in [5, 5.41) is 5.89. The number of benzene rings is 2. The summed E-state index contributed by atoms with van der Waals surface area (Å²) in [4.78, 5) is 12.3. The first-order valence-corrected chi connectivity index (χ1v) is 9.44. The van der Waals surface area contributed by atoms with Crippen LogP contribution in [-0.2, 0) is 14.8 Å². The van der Waals surface area contributed by atoms with E-state index in [-0.39, 0.29) is 35.5 Å². The molecule has 25 heavy (non-hydrogen) atoms. The van der Waals surface area contributed by atoms with Crippen molar-refractivity contribution in [3.63, 3.8) is 0 Å². The van der Waals surface area contributed by atoms with Crippen molar-refractivity contribution in [1.29, 1.82) is 0 Å². The lowest BCUT2D eigenvalue weighted by Crippen LogP contribution is -2.28. The fraction of sp³-hybridized carbons (Fsp3) is 0.222. The SMILES string of the molecule is CC(NC(=O)CCC1=NS(=O)(=O)c2ccccc2N1)c1ccccc1. The van der Waals surface area contributed by atoms with Gasteiger partial charge in [0.25, 0.3) is 10.0 Å². The second-order valence-corrected chi connectivity index (χ2v) is 7.41. The van der Waals surface area contributed by atoms with Crippen LogP contribution in [-0.4, -0.2) is 20.2 Å². The second-order valence-electron chi connectivity index (χ2n) is 5.83. The molecular formula is C18H19N3O3S. The van der Waals surface area contributed by atoms with Crippen molar-refractivity contribution in [2.45, 2.75) is 30.7 Å². The zero-order valence-electron chi connectivity index (χ0n) is 13.8. The Balaban J connectivity index is 1.61. The molecule has 0 aromatic heterocycles. The summed E-state index contributed by atoms with van der Waals surface area (Å²) in [5.74, 6) is 0.123. The number of nitrogens with one attached hydrogen (secondary N) is 2. The Hall–Kier alpha value is -2.67. The van der Waals surface area contributed by atoms with Crippen molar-refractivity contribution in [2.75, 3.05) is 5.32 Å². The summed E-state index contributed by atoms with van der Waals surface area (Å²) in [7, 11) is -3.71. The van der Waals surface area contributed by atoms with E-state index in [0.29, 0.717) is 5.69 Å². The van der Waals surface area contributed by atoms with Crippen LogP contribution < -0.4 is 10.6 Å². The van der Waals surface area contributed by atoms with Gasteiger partial charge in [-0.1, -0.05) is 42.5 Å². The van der Waals surface area contributed by atoms with Gasteiger partial charge in [0.15, 0.2) is 0 Å². The van der Waals surface area contributed by atoms with E-state index < -0.39 is 10.0 Å². The zero-order valence-corrected chi connectivity index (χ0v) is 14.6. The molecule has 1 heterocycles. The topological polar surface area (TPSA) is 87.6 Å². The first-order chi connectivity index (χ1) is 12.0. The van der Waals surface area contributed by atoms with Crippen LogP contribution >= 0.6 is 0 Å². The Morgan fingerprint density at radius 2 is 1.80 bits per heavy atom. The molecule has 6 nitrogen and oxygen atoms in total. The van der Waals surface area contributed by atoms with Gasteiger partial charge in [-0.25, -0.2) is 0 Å². The van der Waals surface area contributed by atoms with Gasteiger partial charge in [0.05, 0.1) is 11.7 Å². The summed E-state index contributed by atoms with van der Waals surface area (Å²) in [5.41, 5.74) is 1.51.